The molecule has 0 aliphatic heterocycles. The molecule has 0 unspecified atom stereocenters. The zero-order valence-corrected chi connectivity index (χ0v) is 21.4. The quantitative estimate of drug-likeness (QED) is 0.264. The zero-order valence-electron chi connectivity index (χ0n) is 19.8. The summed E-state index contributed by atoms with van der Waals surface area (Å²) < 4.78 is 50.6. The molecule has 0 spiro atoms. The van der Waals surface area contributed by atoms with Crippen molar-refractivity contribution in [2.75, 3.05) is 26.4 Å². The molecule has 1 aromatic heterocycles. The van der Waals surface area contributed by atoms with Crippen LogP contribution in [0.1, 0.15) is 29.3 Å². The molecule has 0 saturated heterocycles. The Morgan fingerprint density at radius 1 is 1.19 bits per heavy atom. The van der Waals surface area contributed by atoms with Crippen LogP contribution in [-0.4, -0.2) is 54.2 Å². The Bertz CT molecular complexity index is 1180. The minimum Gasteiger partial charge on any atom is -0.488 e. The minimum atomic E-state index is -4.44. The highest BCUT2D eigenvalue weighted by atomic mass is 79.9. The van der Waals surface area contributed by atoms with E-state index in [1.54, 1.807) is 18.2 Å². The number of halogens is 4. The highest BCUT2D eigenvalue weighted by molar-refractivity contribution is 9.10. The molecule has 0 radical (unpaired) electrons. The van der Waals surface area contributed by atoms with Gasteiger partial charge >= 0.3 is 6.18 Å². The second kappa shape index (κ2) is 12.5. The molecule has 1 heterocycles. The lowest BCUT2D eigenvalue weighted by molar-refractivity contribution is -0.153. The number of hydrogen-bond donors (Lipinski definition) is 3. The zero-order chi connectivity index (χ0) is 26.3. The normalized spacial score (nSPS) is 12.6. The number of aliphatic hydroxyl groups excluding tert-OH is 1. The largest absolute Gasteiger partial charge is 0.488 e. The van der Waals surface area contributed by atoms with Gasteiger partial charge in [-0.05, 0) is 61.7 Å². The van der Waals surface area contributed by atoms with Crippen molar-refractivity contribution in [1.82, 2.24) is 9.88 Å². The Kier molecular flexibility index (Phi) is 9.63. The maximum atomic E-state index is 12.5. The van der Waals surface area contributed by atoms with Gasteiger partial charge in [0.05, 0.1) is 11.1 Å². The minimum absolute atomic E-state index is 0.0155. The molecule has 0 saturated carbocycles. The first-order valence-corrected chi connectivity index (χ1v) is 12.2. The molecule has 0 aliphatic rings. The maximum absolute atomic E-state index is 12.5. The van der Waals surface area contributed by atoms with Gasteiger partial charge in [0.2, 0.25) is 0 Å². The van der Waals surface area contributed by atoms with Gasteiger partial charge in [0.15, 0.2) is 18.1 Å². The fraction of sp³-hybridized carbons (Fsp3) is 0.400. The van der Waals surface area contributed by atoms with Crippen molar-refractivity contribution >= 4 is 32.7 Å². The molecule has 11 heteroatoms. The fourth-order valence-corrected chi connectivity index (χ4v) is 4.25. The number of nitrogens with zero attached hydrogens (tertiary/aromatic N) is 1. The lowest BCUT2D eigenvalue weighted by Crippen LogP contribution is -2.32. The van der Waals surface area contributed by atoms with Gasteiger partial charge in [-0.15, -0.1) is 0 Å². The van der Waals surface area contributed by atoms with E-state index in [2.05, 4.69) is 21.2 Å². The summed E-state index contributed by atoms with van der Waals surface area (Å²) in [7, 11) is 0. The van der Waals surface area contributed by atoms with Gasteiger partial charge in [-0.25, -0.2) is 0 Å². The van der Waals surface area contributed by atoms with Gasteiger partial charge in [-0.3, -0.25) is 4.79 Å². The maximum Gasteiger partial charge on any atom is 0.422 e. The van der Waals surface area contributed by atoms with Crippen molar-refractivity contribution < 1.29 is 32.5 Å². The van der Waals surface area contributed by atoms with Gasteiger partial charge in [-0.1, -0.05) is 15.9 Å². The second-order valence-corrected chi connectivity index (χ2v) is 9.35. The van der Waals surface area contributed by atoms with E-state index >= 15 is 0 Å². The van der Waals surface area contributed by atoms with E-state index in [0.29, 0.717) is 36.0 Å². The second-order valence-electron chi connectivity index (χ2n) is 8.43. The molecule has 196 valence electrons. The van der Waals surface area contributed by atoms with Crippen molar-refractivity contribution in [2.24, 2.45) is 5.73 Å². The lowest BCUT2D eigenvalue weighted by Gasteiger charge is -2.17. The van der Waals surface area contributed by atoms with E-state index in [1.165, 1.54) is 6.07 Å². The molecule has 0 aliphatic carbocycles. The van der Waals surface area contributed by atoms with Crippen LogP contribution in [0.5, 0.6) is 11.5 Å². The molecule has 1 atom stereocenters. The molecule has 1 amide bonds. The first-order valence-electron chi connectivity index (χ1n) is 11.4. The third-order valence-corrected chi connectivity index (χ3v) is 5.93. The van der Waals surface area contributed by atoms with Crippen LogP contribution in [0.25, 0.3) is 10.9 Å². The molecule has 7 nitrogen and oxygen atoms in total. The van der Waals surface area contributed by atoms with Gasteiger partial charge in [-0.2, -0.15) is 13.2 Å². The van der Waals surface area contributed by atoms with E-state index in [-0.39, 0.29) is 30.8 Å². The highest BCUT2D eigenvalue weighted by Crippen LogP contribution is 2.32. The number of amides is 1. The Morgan fingerprint density at radius 2 is 1.97 bits per heavy atom. The van der Waals surface area contributed by atoms with E-state index in [1.807, 2.05) is 29.8 Å². The summed E-state index contributed by atoms with van der Waals surface area (Å²) in [5, 5.41) is 13.3. The standard InChI is InChI=1S/C25H29BrF3N3O4/c1-16(31-6-10-35-22-14-19(26)3-4-21(22)36-15-25(27,28)29)11-17-12-18-5-8-32(7-2-9-33)23(18)20(13-17)24(30)34/h3-5,8,12-14,16,31,33H,2,6-7,9-11,15H2,1H3,(H2,30,34)/t16-/m1/s1. The van der Waals surface area contributed by atoms with E-state index in [4.69, 9.17) is 20.3 Å². The molecular formula is C25H29BrF3N3O4. The van der Waals surface area contributed by atoms with Crippen LogP contribution in [0.15, 0.2) is 47.1 Å². The number of ether oxygens (including phenoxy) is 2. The summed E-state index contributed by atoms with van der Waals surface area (Å²) >= 11 is 3.28. The summed E-state index contributed by atoms with van der Waals surface area (Å²) in [6.07, 6.45) is -1.37. The molecule has 3 rings (SSSR count). The number of nitrogens with two attached hydrogens (primary N) is 1. The summed E-state index contributed by atoms with van der Waals surface area (Å²) in [4.78, 5) is 12.1. The number of fused-ring (bicyclic) bond motifs is 1. The third-order valence-electron chi connectivity index (χ3n) is 5.43. The summed E-state index contributed by atoms with van der Waals surface area (Å²) in [6, 6.07) is 10.3. The molecular weight excluding hydrogens is 543 g/mol. The molecule has 36 heavy (non-hydrogen) atoms. The number of nitrogens with one attached hydrogen (secondary N) is 1. The Balaban J connectivity index is 1.58. The Morgan fingerprint density at radius 3 is 2.67 bits per heavy atom. The Hall–Kier alpha value is -2.76. The smallest absolute Gasteiger partial charge is 0.422 e. The van der Waals surface area contributed by atoms with Crippen LogP contribution in [0.3, 0.4) is 0 Å². The first-order chi connectivity index (χ1) is 17.1. The average Bonchev–Trinajstić information content (AvgIpc) is 3.21. The first kappa shape index (κ1) is 27.8. The van der Waals surface area contributed by atoms with Gasteiger partial charge in [0.25, 0.3) is 5.91 Å². The van der Waals surface area contributed by atoms with Crippen LogP contribution in [-0.2, 0) is 13.0 Å². The molecule has 3 aromatic rings. The predicted molar refractivity (Wildman–Crippen MR) is 135 cm³/mol. The molecule has 0 fully saturated rings. The van der Waals surface area contributed by atoms with Crippen LogP contribution < -0.4 is 20.5 Å². The third kappa shape index (κ3) is 7.87. The van der Waals surface area contributed by atoms with Crippen LogP contribution >= 0.6 is 15.9 Å². The van der Waals surface area contributed by atoms with Crippen molar-refractivity contribution in [3.8, 4) is 11.5 Å². The molecule has 2 aromatic carbocycles. The SMILES string of the molecule is C[C@H](Cc1cc(C(N)=O)c2c(ccn2CCCO)c1)NCCOc1cc(Br)ccc1OCC(F)(F)F. The van der Waals surface area contributed by atoms with Crippen molar-refractivity contribution in [1.29, 1.82) is 0 Å². The van der Waals surface area contributed by atoms with Crippen molar-refractivity contribution in [3.05, 3.63) is 58.2 Å². The van der Waals surface area contributed by atoms with Gasteiger partial charge in [0, 0.05) is 41.8 Å². The van der Waals surface area contributed by atoms with E-state index < -0.39 is 18.7 Å². The summed E-state index contributed by atoms with van der Waals surface area (Å²) in [5.74, 6) is -0.287. The number of rotatable bonds is 13. The number of aryl methyl sites for hydroxylation is 1. The Labute approximate surface area is 215 Å². The average molecular weight is 572 g/mol. The van der Waals surface area contributed by atoms with Crippen molar-refractivity contribution in [3.63, 3.8) is 0 Å². The number of hydrogen-bond acceptors (Lipinski definition) is 5. The number of aromatic nitrogens is 1. The summed E-state index contributed by atoms with van der Waals surface area (Å²) in [5.41, 5.74) is 7.77. The number of alkyl halides is 3. The fourth-order valence-electron chi connectivity index (χ4n) is 3.91. The van der Waals surface area contributed by atoms with Gasteiger partial charge < -0.3 is 30.2 Å². The topological polar surface area (TPSA) is 98.7 Å². The number of aliphatic hydroxyl groups is 1. The van der Waals surface area contributed by atoms with Gasteiger partial charge in [0.1, 0.15) is 6.61 Å². The van der Waals surface area contributed by atoms with E-state index in [0.717, 1.165) is 16.5 Å². The number of primary amides is 1. The molecule has 0 bridgehead atoms. The predicted octanol–water partition coefficient (Wildman–Crippen LogP) is 4.43. The highest BCUT2D eigenvalue weighted by Gasteiger charge is 2.29. The van der Waals surface area contributed by atoms with Crippen LogP contribution in [0, 0.1) is 0 Å². The number of carbonyl (C=O) groups is 1. The number of carbonyl (C=O) groups excluding carboxylic acids is 1. The monoisotopic (exact) mass is 571 g/mol. The molecule has 4 N–H and O–H groups in total. The lowest BCUT2D eigenvalue weighted by atomic mass is 10.0. The van der Waals surface area contributed by atoms with Crippen LogP contribution in [0.4, 0.5) is 13.2 Å². The number of benzene rings is 2. The van der Waals surface area contributed by atoms with Crippen molar-refractivity contribution in [2.45, 2.75) is 38.5 Å². The van der Waals surface area contributed by atoms with Crippen LogP contribution in [0.2, 0.25) is 0 Å². The van der Waals surface area contributed by atoms with E-state index in [9.17, 15) is 18.0 Å². The summed E-state index contributed by atoms with van der Waals surface area (Å²) in [6.45, 7) is 1.87.